The molecule has 0 spiro atoms. The molecule has 4 unspecified atom stereocenters. The largest absolute Gasteiger partial charge is 0.327 e. The van der Waals surface area contributed by atoms with Gasteiger partial charge in [-0.15, -0.1) is 0 Å². The number of pyridine rings is 1. The minimum absolute atomic E-state index is 0.0218. The van der Waals surface area contributed by atoms with Crippen molar-refractivity contribution in [2.45, 2.75) is 32.2 Å². The summed E-state index contributed by atoms with van der Waals surface area (Å²) in [4.78, 5) is 17.2. The van der Waals surface area contributed by atoms with Gasteiger partial charge in [0.2, 0.25) is 5.91 Å². The average Bonchev–Trinajstić information content (AvgIpc) is 3.11. The van der Waals surface area contributed by atoms with E-state index in [4.69, 9.17) is 5.73 Å². The Morgan fingerprint density at radius 3 is 2.86 bits per heavy atom. The van der Waals surface area contributed by atoms with Crippen LogP contribution in [-0.2, 0) is 4.79 Å². The van der Waals surface area contributed by atoms with E-state index in [0.29, 0.717) is 11.8 Å². The fourth-order valence-electron chi connectivity index (χ4n) is 4.36. The van der Waals surface area contributed by atoms with Crippen LogP contribution in [0, 0.1) is 24.7 Å². The first-order valence-corrected chi connectivity index (χ1v) is 8.06. The van der Waals surface area contributed by atoms with Crippen LogP contribution in [0.4, 0.5) is 5.69 Å². The summed E-state index contributed by atoms with van der Waals surface area (Å²) >= 11 is 0. The second-order valence-corrected chi connectivity index (χ2v) is 6.76. The fourth-order valence-corrected chi connectivity index (χ4v) is 4.36. The van der Waals surface area contributed by atoms with E-state index in [1.165, 1.54) is 6.42 Å². The number of benzene rings is 1. The van der Waals surface area contributed by atoms with E-state index >= 15 is 0 Å². The zero-order valence-electron chi connectivity index (χ0n) is 12.8. The SMILES string of the molecule is Cc1ccc(NC(=O)C2C3CCC(C3)C2N)c2cccnc12. The fraction of sp³-hybridized carbons (Fsp3) is 0.444. The van der Waals surface area contributed by atoms with Gasteiger partial charge in [-0.3, -0.25) is 9.78 Å². The van der Waals surface area contributed by atoms with Gasteiger partial charge < -0.3 is 11.1 Å². The van der Waals surface area contributed by atoms with E-state index in [1.807, 2.05) is 31.2 Å². The molecule has 0 aliphatic heterocycles. The van der Waals surface area contributed by atoms with Gasteiger partial charge in [0.25, 0.3) is 0 Å². The number of carbonyl (C=O) groups excluding carboxylic acids is 1. The molecule has 114 valence electrons. The molecule has 2 aliphatic rings. The lowest BCUT2D eigenvalue weighted by Crippen LogP contribution is -2.42. The molecule has 4 nitrogen and oxygen atoms in total. The molecule has 4 rings (SSSR count). The van der Waals surface area contributed by atoms with Crippen LogP contribution in [0.3, 0.4) is 0 Å². The summed E-state index contributed by atoms with van der Waals surface area (Å²) in [5.74, 6) is 1.05. The van der Waals surface area contributed by atoms with Crippen LogP contribution in [0.5, 0.6) is 0 Å². The number of nitrogens with zero attached hydrogens (tertiary/aromatic N) is 1. The molecular weight excluding hydrogens is 274 g/mol. The predicted octanol–water partition coefficient (Wildman–Crippen LogP) is 2.86. The summed E-state index contributed by atoms with van der Waals surface area (Å²) in [5.41, 5.74) is 9.18. The highest BCUT2D eigenvalue weighted by molar-refractivity contribution is 6.03. The highest BCUT2D eigenvalue weighted by atomic mass is 16.2. The third-order valence-corrected chi connectivity index (χ3v) is 5.51. The maximum Gasteiger partial charge on any atom is 0.229 e. The van der Waals surface area contributed by atoms with Gasteiger partial charge in [-0.2, -0.15) is 0 Å². The van der Waals surface area contributed by atoms with Gasteiger partial charge in [-0.25, -0.2) is 0 Å². The van der Waals surface area contributed by atoms with Crippen molar-refractivity contribution < 1.29 is 4.79 Å². The summed E-state index contributed by atoms with van der Waals surface area (Å²) < 4.78 is 0. The summed E-state index contributed by atoms with van der Waals surface area (Å²) in [6, 6.07) is 7.90. The molecule has 4 heteroatoms. The van der Waals surface area contributed by atoms with Gasteiger partial charge in [0.1, 0.15) is 0 Å². The van der Waals surface area contributed by atoms with E-state index in [0.717, 1.165) is 35.0 Å². The van der Waals surface area contributed by atoms with Crippen LogP contribution in [0.15, 0.2) is 30.5 Å². The second kappa shape index (κ2) is 5.06. The van der Waals surface area contributed by atoms with Crippen molar-refractivity contribution in [1.29, 1.82) is 0 Å². The van der Waals surface area contributed by atoms with Crippen molar-refractivity contribution in [3.05, 3.63) is 36.0 Å². The molecular formula is C18H21N3O. The van der Waals surface area contributed by atoms with Crippen LogP contribution in [0.25, 0.3) is 10.9 Å². The molecule has 2 saturated carbocycles. The van der Waals surface area contributed by atoms with E-state index in [9.17, 15) is 4.79 Å². The van der Waals surface area contributed by atoms with Crippen molar-refractivity contribution in [2.24, 2.45) is 23.5 Å². The van der Waals surface area contributed by atoms with Gasteiger partial charge in [-0.1, -0.05) is 6.07 Å². The summed E-state index contributed by atoms with van der Waals surface area (Å²) in [7, 11) is 0. The van der Waals surface area contributed by atoms with Crippen molar-refractivity contribution >= 4 is 22.5 Å². The summed E-state index contributed by atoms with van der Waals surface area (Å²) in [5, 5.41) is 4.10. The Labute approximate surface area is 130 Å². The molecule has 2 aromatic rings. The normalized spacial score (nSPS) is 29.9. The molecule has 22 heavy (non-hydrogen) atoms. The Balaban J connectivity index is 1.64. The average molecular weight is 295 g/mol. The number of nitrogens with two attached hydrogens (primary N) is 1. The second-order valence-electron chi connectivity index (χ2n) is 6.76. The number of rotatable bonds is 2. The molecule has 0 radical (unpaired) electrons. The van der Waals surface area contributed by atoms with E-state index in [-0.39, 0.29) is 17.9 Å². The molecule has 2 bridgehead atoms. The van der Waals surface area contributed by atoms with Crippen molar-refractivity contribution in [3.8, 4) is 0 Å². The quantitative estimate of drug-likeness (QED) is 0.895. The molecule has 1 aromatic carbocycles. The lowest BCUT2D eigenvalue weighted by atomic mass is 9.84. The van der Waals surface area contributed by atoms with Gasteiger partial charge in [0.15, 0.2) is 0 Å². The maximum atomic E-state index is 12.7. The minimum Gasteiger partial charge on any atom is -0.327 e. The van der Waals surface area contributed by atoms with Crippen LogP contribution in [0.2, 0.25) is 0 Å². The van der Waals surface area contributed by atoms with Crippen LogP contribution >= 0.6 is 0 Å². The third-order valence-electron chi connectivity index (χ3n) is 5.51. The smallest absolute Gasteiger partial charge is 0.229 e. The monoisotopic (exact) mass is 295 g/mol. The highest BCUT2D eigenvalue weighted by Crippen LogP contribution is 2.48. The molecule has 1 heterocycles. The Hall–Kier alpha value is -1.94. The van der Waals surface area contributed by atoms with Gasteiger partial charge in [0.05, 0.1) is 17.1 Å². The molecule has 1 aromatic heterocycles. The van der Waals surface area contributed by atoms with E-state index in [2.05, 4.69) is 10.3 Å². The van der Waals surface area contributed by atoms with Gasteiger partial charge >= 0.3 is 0 Å². The minimum atomic E-state index is -0.0354. The zero-order valence-corrected chi connectivity index (χ0v) is 12.8. The lowest BCUT2D eigenvalue weighted by molar-refractivity contribution is -0.121. The predicted molar refractivity (Wildman–Crippen MR) is 87.4 cm³/mol. The number of nitrogens with one attached hydrogen (secondary N) is 1. The first kappa shape index (κ1) is 13.7. The molecule has 0 saturated heterocycles. The standard InChI is InChI=1S/C18H21N3O/c1-10-4-7-14(13-3-2-8-20-17(10)13)21-18(22)15-11-5-6-12(9-11)16(15)19/h2-4,7-8,11-12,15-16H,5-6,9,19H2,1H3,(H,21,22). The number of fused-ring (bicyclic) bond motifs is 3. The van der Waals surface area contributed by atoms with E-state index < -0.39 is 0 Å². The molecule has 2 fully saturated rings. The molecule has 1 amide bonds. The topological polar surface area (TPSA) is 68.0 Å². The summed E-state index contributed by atoms with van der Waals surface area (Å²) in [6.07, 6.45) is 5.24. The number of aryl methyl sites for hydroxylation is 1. The van der Waals surface area contributed by atoms with E-state index in [1.54, 1.807) is 6.20 Å². The van der Waals surface area contributed by atoms with Gasteiger partial charge in [0, 0.05) is 17.6 Å². The zero-order chi connectivity index (χ0) is 15.3. The Bertz CT molecular complexity index is 740. The first-order chi connectivity index (χ1) is 10.6. The summed E-state index contributed by atoms with van der Waals surface area (Å²) in [6.45, 7) is 2.03. The number of anilines is 1. The highest BCUT2D eigenvalue weighted by Gasteiger charge is 2.49. The Kier molecular flexibility index (Phi) is 3.15. The number of hydrogen-bond acceptors (Lipinski definition) is 3. The van der Waals surface area contributed by atoms with Gasteiger partial charge in [-0.05, 0) is 61.8 Å². The van der Waals surface area contributed by atoms with Crippen molar-refractivity contribution in [3.63, 3.8) is 0 Å². The Morgan fingerprint density at radius 2 is 2.09 bits per heavy atom. The van der Waals surface area contributed by atoms with Crippen LogP contribution in [0.1, 0.15) is 24.8 Å². The van der Waals surface area contributed by atoms with Crippen LogP contribution in [-0.4, -0.2) is 16.9 Å². The maximum absolute atomic E-state index is 12.7. The third kappa shape index (κ3) is 2.02. The first-order valence-electron chi connectivity index (χ1n) is 8.06. The van der Waals surface area contributed by atoms with Crippen molar-refractivity contribution in [1.82, 2.24) is 4.98 Å². The Morgan fingerprint density at radius 1 is 1.27 bits per heavy atom. The number of hydrogen-bond donors (Lipinski definition) is 2. The number of aromatic nitrogens is 1. The lowest BCUT2D eigenvalue weighted by Gasteiger charge is -2.27. The van der Waals surface area contributed by atoms with Crippen molar-refractivity contribution in [2.75, 3.05) is 5.32 Å². The number of carbonyl (C=O) groups is 1. The molecule has 3 N–H and O–H groups in total. The number of amides is 1. The molecule has 2 aliphatic carbocycles. The van der Waals surface area contributed by atoms with Crippen LogP contribution < -0.4 is 11.1 Å². The molecule has 4 atom stereocenters.